The molecule has 0 radical (unpaired) electrons. The zero-order chi connectivity index (χ0) is 19.9. The summed E-state index contributed by atoms with van der Waals surface area (Å²) >= 11 is 0. The van der Waals surface area contributed by atoms with Crippen molar-refractivity contribution in [3.63, 3.8) is 0 Å². The number of allylic oxidation sites excluding steroid dienone is 1. The smallest absolute Gasteiger partial charge is 0.232 e. The van der Waals surface area contributed by atoms with Gasteiger partial charge in [0.25, 0.3) is 0 Å². The molecule has 0 bridgehead atoms. The van der Waals surface area contributed by atoms with Gasteiger partial charge in [-0.25, -0.2) is 8.42 Å². The standard InChI is InChI=1S/C21H32N2O3S/c1-17-9-7-12-20(18(17)2)23(27(3,25)26)16-8-13-21(24)22-15-14-19-10-5-4-6-11-19/h7,9-10,12H,4-6,8,11,13-16H2,1-3H3,(H,22,24). The number of aryl methyl sites for hydroxylation is 1. The maximum Gasteiger partial charge on any atom is 0.232 e. The average Bonchev–Trinajstić information content (AvgIpc) is 2.61. The molecule has 2 rings (SSSR count). The van der Waals surface area contributed by atoms with Crippen molar-refractivity contribution in [3.8, 4) is 0 Å². The Balaban J connectivity index is 1.84. The van der Waals surface area contributed by atoms with Gasteiger partial charge in [-0.05, 0) is 69.6 Å². The lowest BCUT2D eigenvalue weighted by molar-refractivity contribution is -0.121. The number of benzene rings is 1. The van der Waals surface area contributed by atoms with Crippen LogP contribution in [-0.4, -0.2) is 33.7 Å². The van der Waals surface area contributed by atoms with Gasteiger partial charge in [-0.2, -0.15) is 0 Å². The van der Waals surface area contributed by atoms with Crippen LogP contribution in [0, 0.1) is 13.8 Å². The van der Waals surface area contributed by atoms with Gasteiger partial charge in [0.2, 0.25) is 15.9 Å². The van der Waals surface area contributed by atoms with Gasteiger partial charge in [0.1, 0.15) is 0 Å². The third-order valence-electron chi connectivity index (χ3n) is 5.16. The first kappa shape index (κ1) is 21.5. The average molecular weight is 393 g/mol. The van der Waals surface area contributed by atoms with Crippen molar-refractivity contribution in [2.24, 2.45) is 0 Å². The second-order valence-electron chi connectivity index (χ2n) is 7.37. The fraction of sp³-hybridized carbons (Fsp3) is 0.571. The number of carbonyl (C=O) groups is 1. The van der Waals surface area contributed by atoms with Crippen molar-refractivity contribution in [1.82, 2.24) is 5.32 Å². The van der Waals surface area contributed by atoms with E-state index >= 15 is 0 Å². The summed E-state index contributed by atoms with van der Waals surface area (Å²) in [5.74, 6) is -0.0131. The summed E-state index contributed by atoms with van der Waals surface area (Å²) in [4.78, 5) is 12.1. The van der Waals surface area contributed by atoms with E-state index in [9.17, 15) is 13.2 Å². The molecule has 0 saturated carbocycles. The van der Waals surface area contributed by atoms with Crippen LogP contribution in [0.5, 0.6) is 0 Å². The highest BCUT2D eigenvalue weighted by Gasteiger charge is 2.19. The van der Waals surface area contributed by atoms with Crippen LogP contribution in [0.25, 0.3) is 0 Å². The maximum absolute atomic E-state index is 12.2. The Morgan fingerprint density at radius 2 is 2.00 bits per heavy atom. The van der Waals surface area contributed by atoms with E-state index < -0.39 is 10.0 Å². The predicted molar refractivity (Wildman–Crippen MR) is 112 cm³/mol. The van der Waals surface area contributed by atoms with Crippen LogP contribution in [0.15, 0.2) is 29.8 Å². The minimum atomic E-state index is -3.39. The number of sulfonamides is 1. The Kier molecular flexibility index (Phi) is 7.90. The Bertz CT molecular complexity index is 785. The molecule has 0 unspecified atom stereocenters. The van der Waals surface area contributed by atoms with Crippen LogP contribution in [0.2, 0.25) is 0 Å². The second kappa shape index (κ2) is 9.93. The number of nitrogens with one attached hydrogen (secondary N) is 1. The predicted octanol–water partition coefficient (Wildman–Crippen LogP) is 3.86. The van der Waals surface area contributed by atoms with Crippen LogP contribution >= 0.6 is 0 Å². The van der Waals surface area contributed by atoms with Crippen molar-refractivity contribution in [2.45, 2.75) is 58.8 Å². The first-order chi connectivity index (χ1) is 12.8. The fourth-order valence-electron chi connectivity index (χ4n) is 3.44. The molecule has 5 nitrogen and oxygen atoms in total. The second-order valence-corrected chi connectivity index (χ2v) is 9.27. The maximum atomic E-state index is 12.2. The SMILES string of the molecule is Cc1cccc(N(CCCC(=O)NCCC2=CCCCC2)S(C)(=O)=O)c1C. The molecule has 0 spiro atoms. The molecule has 1 N–H and O–H groups in total. The van der Waals surface area contributed by atoms with E-state index in [-0.39, 0.29) is 5.91 Å². The molecule has 1 aliphatic rings. The number of hydrogen-bond acceptors (Lipinski definition) is 3. The highest BCUT2D eigenvalue weighted by atomic mass is 32.2. The number of nitrogens with zero attached hydrogens (tertiary/aromatic N) is 1. The first-order valence-electron chi connectivity index (χ1n) is 9.77. The summed E-state index contributed by atoms with van der Waals surface area (Å²) in [7, 11) is -3.39. The minimum absolute atomic E-state index is 0.0131. The van der Waals surface area contributed by atoms with Crippen LogP contribution in [0.4, 0.5) is 5.69 Å². The van der Waals surface area contributed by atoms with E-state index in [1.807, 2.05) is 32.0 Å². The molecular weight excluding hydrogens is 360 g/mol. The van der Waals surface area contributed by atoms with E-state index in [4.69, 9.17) is 0 Å². The molecule has 0 aliphatic heterocycles. The quantitative estimate of drug-likeness (QED) is 0.649. The molecule has 1 aliphatic carbocycles. The van der Waals surface area contributed by atoms with Gasteiger partial charge in [-0.15, -0.1) is 0 Å². The summed E-state index contributed by atoms with van der Waals surface area (Å²) in [5, 5.41) is 2.95. The molecule has 1 aromatic carbocycles. The lowest BCUT2D eigenvalue weighted by Gasteiger charge is -2.25. The van der Waals surface area contributed by atoms with E-state index in [1.165, 1.54) is 29.0 Å². The molecule has 1 aromatic rings. The van der Waals surface area contributed by atoms with Crippen LogP contribution in [0.3, 0.4) is 0 Å². The van der Waals surface area contributed by atoms with Gasteiger partial charge in [0.15, 0.2) is 0 Å². The summed E-state index contributed by atoms with van der Waals surface area (Å²) in [6.07, 6.45) is 10.1. The third kappa shape index (κ3) is 6.69. The zero-order valence-corrected chi connectivity index (χ0v) is 17.6. The van der Waals surface area contributed by atoms with Crippen LogP contribution < -0.4 is 9.62 Å². The van der Waals surface area contributed by atoms with E-state index in [0.29, 0.717) is 31.6 Å². The van der Waals surface area contributed by atoms with Crippen LogP contribution in [0.1, 0.15) is 56.1 Å². The molecule has 0 fully saturated rings. The minimum Gasteiger partial charge on any atom is -0.356 e. The van der Waals surface area contributed by atoms with Crippen molar-refractivity contribution in [3.05, 3.63) is 41.0 Å². The van der Waals surface area contributed by atoms with Crippen LogP contribution in [-0.2, 0) is 14.8 Å². The van der Waals surface area contributed by atoms with Gasteiger partial charge >= 0.3 is 0 Å². The molecule has 0 heterocycles. The number of rotatable bonds is 9. The Morgan fingerprint density at radius 1 is 1.22 bits per heavy atom. The lowest BCUT2D eigenvalue weighted by Crippen LogP contribution is -2.33. The molecule has 150 valence electrons. The summed E-state index contributed by atoms with van der Waals surface area (Å²) in [6, 6.07) is 5.65. The lowest BCUT2D eigenvalue weighted by atomic mass is 9.97. The van der Waals surface area contributed by atoms with Crippen molar-refractivity contribution in [1.29, 1.82) is 0 Å². The Labute approximate surface area is 163 Å². The number of anilines is 1. The molecule has 27 heavy (non-hydrogen) atoms. The summed E-state index contributed by atoms with van der Waals surface area (Å²) in [6.45, 7) is 4.86. The topological polar surface area (TPSA) is 66.5 Å². The molecular formula is C21H32N2O3S. The number of carbonyl (C=O) groups excluding carboxylic acids is 1. The Morgan fingerprint density at radius 3 is 2.67 bits per heavy atom. The molecule has 0 aromatic heterocycles. The van der Waals surface area contributed by atoms with E-state index in [1.54, 1.807) is 0 Å². The Hall–Kier alpha value is -1.82. The number of hydrogen-bond donors (Lipinski definition) is 1. The highest BCUT2D eigenvalue weighted by Crippen LogP contribution is 2.25. The zero-order valence-electron chi connectivity index (χ0n) is 16.8. The normalized spacial score (nSPS) is 14.6. The van der Waals surface area contributed by atoms with Gasteiger partial charge in [-0.3, -0.25) is 9.10 Å². The molecule has 0 saturated heterocycles. The number of amides is 1. The summed E-state index contributed by atoms with van der Waals surface area (Å²) in [5.41, 5.74) is 4.14. The summed E-state index contributed by atoms with van der Waals surface area (Å²) < 4.78 is 25.9. The molecule has 6 heteroatoms. The van der Waals surface area contributed by atoms with Gasteiger partial charge in [-0.1, -0.05) is 23.8 Å². The van der Waals surface area contributed by atoms with Crippen molar-refractivity contribution in [2.75, 3.05) is 23.7 Å². The van der Waals surface area contributed by atoms with Crippen molar-refractivity contribution < 1.29 is 13.2 Å². The van der Waals surface area contributed by atoms with E-state index in [2.05, 4.69) is 11.4 Å². The van der Waals surface area contributed by atoms with E-state index in [0.717, 1.165) is 30.4 Å². The monoisotopic (exact) mass is 392 g/mol. The third-order valence-corrected chi connectivity index (χ3v) is 6.34. The van der Waals surface area contributed by atoms with Gasteiger partial charge in [0.05, 0.1) is 11.9 Å². The fourth-order valence-corrected chi connectivity index (χ4v) is 4.45. The van der Waals surface area contributed by atoms with Gasteiger partial charge in [0, 0.05) is 19.5 Å². The highest BCUT2D eigenvalue weighted by molar-refractivity contribution is 7.92. The largest absolute Gasteiger partial charge is 0.356 e. The molecule has 0 atom stereocenters. The van der Waals surface area contributed by atoms with Crippen molar-refractivity contribution >= 4 is 21.6 Å². The molecule has 1 amide bonds. The first-order valence-corrected chi connectivity index (χ1v) is 11.6. The van der Waals surface area contributed by atoms with Gasteiger partial charge < -0.3 is 5.32 Å².